The third-order valence-corrected chi connectivity index (χ3v) is 11.3. The Kier molecular flexibility index (Phi) is 9.81. The first kappa shape index (κ1) is 41.5. The fourth-order valence-corrected chi connectivity index (χ4v) is 7.39. The van der Waals surface area contributed by atoms with Crippen LogP contribution < -0.4 is 12.4 Å². The summed E-state index contributed by atoms with van der Waals surface area (Å²) >= 11 is 0. The van der Waals surface area contributed by atoms with Gasteiger partial charge in [0, 0.05) is 22.3 Å². The van der Waals surface area contributed by atoms with E-state index in [1.165, 1.54) is 0 Å². The lowest BCUT2D eigenvalue weighted by molar-refractivity contribution is -0.0000141. The number of hydrogen-bond acceptors (Lipinski definition) is 8. The van der Waals surface area contributed by atoms with Crippen LogP contribution in [0.3, 0.4) is 0 Å². The van der Waals surface area contributed by atoms with Crippen LogP contribution in [0.1, 0.15) is 105 Å². The first-order valence-corrected chi connectivity index (χ1v) is 20.5. The van der Waals surface area contributed by atoms with E-state index in [1.54, 1.807) is 0 Å². The largest absolute Gasteiger partial charge is 1.00 e. The minimum Gasteiger partial charge on any atom is -1.00 e. The molecule has 12 nitrogen and oxygen atoms in total. The Morgan fingerprint density at radius 1 is 0.295 bits per heavy atom. The van der Waals surface area contributed by atoms with Crippen molar-refractivity contribution in [3.63, 3.8) is 0 Å². The SMILES string of the molecule is CC(C)(C)c1cc2cc(c1)-c1cn(nn1)-c1cc(cc(C(C)(C)C)c1)-n1cc(nn1)-c1cc(cc(C(C)(C)C)c1)-c1cn(nn1)-c1cc(cc(C(C)(C)C)c1)-n1cc-2nn1.[Cl-]. The van der Waals surface area contributed by atoms with Crippen molar-refractivity contribution in [3.05, 3.63) is 120 Å². The molecule has 0 radical (unpaired) electrons. The summed E-state index contributed by atoms with van der Waals surface area (Å²) in [5.41, 5.74) is 14.2. The lowest BCUT2D eigenvalue weighted by atomic mass is 9.84. The Hall–Kier alpha value is -6.27. The molecule has 0 N–H and O–H groups in total. The average Bonchev–Trinajstić information content (AvgIpc) is 4.03. The van der Waals surface area contributed by atoms with Crippen LogP contribution in [0, 0.1) is 0 Å². The van der Waals surface area contributed by atoms with Gasteiger partial charge in [-0.3, -0.25) is 0 Å². The quantitative estimate of drug-likeness (QED) is 0.158. The standard InChI is InChI=1S/C48H52N12.ClH/c1-45(2,3)33-15-29-13-30(16-33)42-26-58(54-50-42)38-20-36(48(10,11)12)22-40(24-38)60-28-44(52-56-60)32-14-31(17-34(18-32)46(4,5)6)43-27-59(55-51-43)39-21-35(47(7,8)9)19-37(23-39)57-25-41(29)49-53-57;/h13-28H,1-12H3;1H/p-1. The lowest BCUT2D eigenvalue weighted by Crippen LogP contribution is -3.00. The number of halogens is 1. The van der Waals surface area contributed by atoms with Gasteiger partial charge in [-0.15, -0.1) is 20.4 Å². The predicted octanol–water partition coefficient (Wildman–Crippen LogP) is 7.18. The zero-order valence-electron chi connectivity index (χ0n) is 37.0. The van der Waals surface area contributed by atoms with Crippen LogP contribution in [0.4, 0.5) is 0 Å². The van der Waals surface area contributed by atoms with E-state index < -0.39 is 0 Å². The van der Waals surface area contributed by atoms with Gasteiger partial charge in [0.25, 0.3) is 0 Å². The van der Waals surface area contributed by atoms with Crippen molar-refractivity contribution in [2.24, 2.45) is 0 Å². The zero-order chi connectivity index (χ0) is 42.5. The highest BCUT2D eigenvalue weighted by Crippen LogP contribution is 2.36. The van der Waals surface area contributed by atoms with Gasteiger partial charge in [-0.2, -0.15) is 0 Å². The lowest BCUT2D eigenvalue weighted by Gasteiger charge is -2.21. The Morgan fingerprint density at radius 2 is 0.508 bits per heavy atom. The molecule has 8 aromatic rings. The smallest absolute Gasteiger partial charge is 0.113 e. The van der Waals surface area contributed by atoms with Crippen LogP contribution in [0.15, 0.2) is 97.6 Å². The summed E-state index contributed by atoms with van der Waals surface area (Å²) in [5.74, 6) is 0. The van der Waals surface area contributed by atoms with Crippen LogP contribution in [0.25, 0.3) is 67.8 Å². The van der Waals surface area contributed by atoms with Crippen LogP contribution in [-0.4, -0.2) is 60.0 Å². The monoisotopic (exact) mass is 831 g/mol. The first-order valence-electron chi connectivity index (χ1n) is 20.5. The Bertz CT molecular complexity index is 2390. The molecule has 0 unspecified atom stereocenters. The summed E-state index contributed by atoms with van der Waals surface area (Å²) in [5, 5.41) is 37.7. The summed E-state index contributed by atoms with van der Waals surface area (Å²) in [6.07, 6.45) is 7.97. The maximum absolute atomic E-state index is 4.74. The van der Waals surface area contributed by atoms with E-state index in [-0.39, 0.29) is 34.1 Å². The van der Waals surface area contributed by atoms with Gasteiger partial charge in [0.1, 0.15) is 22.8 Å². The maximum atomic E-state index is 4.74. The van der Waals surface area contributed by atoms with E-state index in [2.05, 4.69) is 177 Å². The normalized spacial score (nSPS) is 12.8. The highest BCUT2D eigenvalue weighted by atomic mass is 35.5. The molecule has 312 valence electrons. The van der Waals surface area contributed by atoms with Gasteiger partial charge in [0.2, 0.25) is 0 Å². The molecule has 0 fully saturated rings. The maximum Gasteiger partial charge on any atom is 0.113 e. The third-order valence-electron chi connectivity index (χ3n) is 11.3. The average molecular weight is 832 g/mol. The molecule has 16 bridgehead atoms. The molecule has 0 saturated carbocycles. The highest BCUT2D eigenvalue weighted by molar-refractivity contribution is 5.73. The van der Waals surface area contributed by atoms with E-state index >= 15 is 0 Å². The van der Waals surface area contributed by atoms with E-state index in [0.717, 1.165) is 90.0 Å². The number of nitrogens with zero attached hydrogens (tertiary/aromatic N) is 12. The number of fused-ring (bicyclic) bond motifs is 24. The Balaban J connectivity index is 0.00000514. The van der Waals surface area contributed by atoms with Crippen LogP contribution in [0.2, 0.25) is 0 Å². The minimum absolute atomic E-state index is 0. The van der Waals surface area contributed by atoms with Crippen molar-refractivity contribution < 1.29 is 12.4 Å². The van der Waals surface area contributed by atoms with Crippen molar-refractivity contribution in [3.8, 4) is 67.8 Å². The van der Waals surface area contributed by atoms with E-state index in [9.17, 15) is 0 Å². The fraction of sp³-hybridized carbons (Fsp3) is 0.333. The molecule has 0 saturated heterocycles. The zero-order valence-corrected chi connectivity index (χ0v) is 37.7. The molecule has 13 heteroatoms. The summed E-state index contributed by atoms with van der Waals surface area (Å²) in [7, 11) is 0. The molecule has 0 spiro atoms. The second-order valence-corrected chi connectivity index (χ2v) is 20.3. The molecule has 61 heavy (non-hydrogen) atoms. The predicted molar refractivity (Wildman–Crippen MR) is 236 cm³/mol. The molecule has 1 aliphatic heterocycles. The highest BCUT2D eigenvalue weighted by Gasteiger charge is 2.24. The van der Waals surface area contributed by atoms with Crippen LogP contribution in [-0.2, 0) is 21.7 Å². The Morgan fingerprint density at radius 3 is 0.721 bits per heavy atom. The van der Waals surface area contributed by atoms with Crippen molar-refractivity contribution in [2.45, 2.75) is 105 Å². The number of rotatable bonds is 0. The van der Waals surface area contributed by atoms with Gasteiger partial charge >= 0.3 is 0 Å². The van der Waals surface area contributed by atoms with E-state index in [1.807, 2.05) is 43.5 Å². The molecular weight excluding hydrogens is 780 g/mol. The minimum atomic E-state index is -0.157. The molecule has 1 aliphatic rings. The van der Waals surface area contributed by atoms with Crippen molar-refractivity contribution >= 4 is 0 Å². The number of benzene rings is 4. The second kappa shape index (κ2) is 14.4. The van der Waals surface area contributed by atoms with Crippen LogP contribution in [0.5, 0.6) is 0 Å². The third kappa shape index (κ3) is 8.04. The number of aromatic nitrogens is 12. The number of hydrogen-bond donors (Lipinski definition) is 0. The van der Waals surface area contributed by atoms with Crippen molar-refractivity contribution in [1.29, 1.82) is 0 Å². The molecule has 0 atom stereocenters. The molecule has 9 rings (SSSR count). The van der Waals surface area contributed by atoms with E-state index in [4.69, 9.17) is 20.4 Å². The fourth-order valence-electron chi connectivity index (χ4n) is 7.39. The van der Waals surface area contributed by atoms with Crippen LogP contribution >= 0.6 is 0 Å². The van der Waals surface area contributed by atoms with Crippen molar-refractivity contribution in [2.75, 3.05) is 0 Å². The summed E-state index contributed by atoms with van der Waals surface area (Å²) in [6.45, 7) is 26.5. The summed E-state index contributed by atoms with van der Waals surface area (Å²) in [6, 6.07) is 25.9. The molecule has 4 aromatic heterocycles. The topological polar surface area (TPSA) is 123 Å². The van der Waals surface area contributed by atoms with Gasteiger partial charge < -0.3 is 12.4 Å². The molecular formula is C48H52ClN12-. The van der Waals surface area contributed by atoms with Crippen molar-refractivity contribution in [1.82, 2.24) is 60.0 Å². The first-order chi connectivity index (χ1) is 28.2. The second-order valence-electron chi connectivity index (χ2n) is 20.3. The summed E-state index contributed by atoms with van der Waals surface area (Å²) in [4.78, 5) is 0. The van der Waals surface area contributed by atoms with E-state index in [0.29, 0.717) is 0 Å². The van der Waals surface area contributed by atoms with Gasteiger partial charge in [-0.05, 0) is 117 Å². The molecule has 4 aromatic carbocycles. The summed E-state index contributed by atoms with van der Waals surface area (Å²) < 4.78 is 7.37. The van der Waals surface area contributed by atoms with Gasteiger partial charge in [-0.1, -0.05) is 104 Å². The van der Waals surface area contributed by atoms with Gasteiger partial charge in [0.05, 0.1) is 47.5 Å². The molecule has 5 heterocycles. The van der Waals surface area contributed by atoms with Gasteiger partial charge in [0.15, 0.2) is 0 Å². The Labute approximate surface area is 363 Å². The molecule has 0 aliphatic carbocycles. The van der Waals surface area contributed by atoms with Gasteiger partial charge in [-0.25, -0.2) is 18.7 Å². The molecule has 0 amide bonds.